The number of likely N-dealkylation sites (tertiary alicyclic amines) is 1. The highest BCUT2D eigenvalue weighted by molar-refractivity contribution is 5.94. The lowest BCUT2D eigenvalue weighted by atomic mass is 10.1. The number of nitrogens with zero attached hydrogens (tertiary/aromatic N) is 5. The first-order chi connectivity index (χ1) is 15.5. The molecule has 1 aliphatic heterocycles. The molecule has 7 nitrogen and oxygen atoms in total. The molecule has 1 fully saturated rings. The van der Waals surface area contributed by atoms with Gasteiger partial charge < -0.3 is 4.98 Å². The van der Waals surface area contributed by atoms with Crippen LogP contribution >= 0.6 is 0 Å². The lowest BCUT2D eigenvalue weighted by molar-refractivity contribution is 0.0115. The average Bonchev–Trinajstić information content (AvgIpc) is 3.49. The van der Waals surface area contributed by atoms with Crippen molar-refractivity contribution in [2.45, 2.75) is 18.9 Å². The van der Waals surface area contributed by atoms with Crippen molar-refractivity contribution in [1.82, 2.24) is 35.0 Å². The number of H-pyrrole nitrogens is 2. The van der Waals surface area contributed by atoms with E-state index in [0.717, 1.165) is 50.1 Å². The molecule has 0 radical (unpaired) electrons. The van der Waals surface area contributed by atoms with Crippen LogP contribution in [-0.2, 0) is 6.54 Å². The second-order valence-corrected chi connectivity index (χ2v) is 8.21. The van der Waals surface area contributed by atoms with Gasteiger partial charge in [-0.15, -0.1) is 0 Å². The highest BCUT2D eigenvalue weighted by Gasteiger charge is 2.37. The lowest BCUT2D eigenvalue weighted by Gasteiger charge is -2.15. The number of fused-ring (bicyclic) bond motifs is 2. The number of alkyl halides is 2. The summed E-state index contributed by atoms with van der Waals surface area (Å²) in [6, 6.07) is 9.77. The van der Waals surface area contributed by atoms with E-state index in [1.165, 1.54) is 0 Å². The van der Waals surface area contributed by atoms with Crippen molar-refractivity contribution in [3.05, 3.63) is 60.7 Å². The third kappa shape index (κ3) is 3.40. The Morgan fingerprint density at radius 3 is 2.81 bits per heavy atom. The number of rotatable bonds is 4. The van der Waals surface area contributed by atoms with Gasteiger partial charge in [-0.1, -0.05) is 0 Å². The van der Waals surface area contributed by atoms with Crippen LogP contribution in [0.25, 0.3) is 44.6 Å². The molecule has 0 aromatic carbocycles. The monoisotopic (exact) mass is 431 g/mol. The van der Waals surface area contributed by atoms with Gasteiger partial charge in [0, 0.05) is 49.1 Å². The number of aromatic nitrogens is 6. The molecule has 0 saturated carbocycles. The van der Waals surface area contributed by atoms with E-state index < -0.39 is 5.92 Å². The van der Waals surface area contributed by atoms with Crippen molar-refractivity contribution in [3.8, 4) is 22.6 Å². The molecule has 1 aliphatic rings. The molecule has 5 aromatic heterocycles. The standard InChI is InChI=1S/C23H19F2N7/c24-23(25)4-6-32(13-23)12-14-7-16(10-27-9-14)17-1-2-18-21(29-17)22(31-30-18)19-8-15-3-5-26-11-20(15)28-19/h1-3,5,7-11,28H,4,6,12-13H2,(H,30,31). The second-order valence-electron chi connectivity index (χ2n) is 8.21. The number of hydrogen-bond acceptors (Lipinski definition) is 5. The zero-order valence-corrected chi connectivity index (χ0v) is 17.0. The molecule has 0 unspecified atom stereocenters. The summed E-state index contributed by atoms with van der Waals surface area (Å²) in [6.07, 6.45) is 6.90. The molecule has 0 spiro atoms. The summed E-state index contributed by atoms with van der Waals surface area (Å²) in [5.74, 6) is -2.60. The van der Waals surface area contributed by atoms with Gasteiger partial charge in [0.2, 0.25) is 0 Å². The Labute approximate surface area is 181 Å². The highest BCUT2D eigenvalue weighted by Crippen LogP contribution is 2.30. The SMILES string of the molecule is FC1(F)CCN(Cc2cncc(-c3ccc4[nH]nc(-c5cc6ccncc6[nH]5)c4n3)c2)C1. The van der Waals surface area contributed by atoms with Crippen LogP contribution < -0.4 is 0 Å². The zero-order valence-electron chi connectivity index (χ0n) is 17.0. The molecule has 0 atom stereocenters. The summed E-state index contributed by atoms with van der Waals surface area (Å²) >= 11 is 0. The summed E-state index contributed by atoms with van der Waals surface area (Å²) in [5, 5.41) is 8.55. The van der Waals surface area contributed by atoms with Gasteiger partial charge in [-0.05, 0) is 35.9 Å². The molecule has 0 amide bonds. The highest BCUT2D eigenvalue weighted by atomic mass is 19.3. The van der Waals surface area contributed by atoms with Crippen molar-refractivity contribution >= 4 is 21.9 Å². The largest absolute Gasteiger partial charge is 0.352 e. The maximum atomic E-state index is 13.5. The van der Waals surface area contributed by atoms with Gasteiger partial charge in [-0.2, -0.15) is 5.10 Å². The molecule has 0 bridgehead atoms. The van der Waals surface area contributed by atoms with E-state index in [2.05, 4.69) is 25.1 Å². The summed E-state index contributed by atoms with van der Waals surface area (Å²) in [7, 11) is 0. The number of pyridine rings is 3. The minimum Gasteiger partial charge on any atom is -0.352 e. The van der Waals surface area contributed by atoms with E-state index >= 15 is 0 Å². The van der Waals surface area contributed by atoms with Crippen LogP contribution in [0, 0.1) is 0 Å². The molecular formula is C23H19F2N7. The van der Waals surface area contributed by atoms with Crippen molar-refractivity contribution in [2.24, 2.45) is 0 Å². The maximum Gasteiger partial charge on any atom is 0.261 e. The third-order valence-electron chi connectivity index (χ3n) is 5.83. The van der Waals surface area contributed by atoms with Gasteiger partial charge in [-0.25, -0.2) is 13.8 Å². The van der Waals surface area contributed by atoms with Gasteiger partial charge in [0.1, 0.15) is 11.2 Å². The van der Waals surface area contributed by atoms with Crippen LogP contribution in [0.15, 0.2) is 55.1 Å². The fourth-order valence-corrected chi connectivity index (χ4v) is 4.26. The maximum absolute atomic E-state index is 13.5. The van der Waals surface area contributed by atoms with E-state index in [4.69, 9.17) is 4.98 Å². The van der Waals surface area contributed by atoms with Gasteiger partial charge >= 0.3 is 0 Å². The molecule has 6 heterocycles. The van der Waals surface area contributed by atoms with Crippen LogP contribution in [0.1, 0.15) is 12.0 Å². The van der Waals surface area contributed by atoms with Crippen LogP contribution in [-0.4, -0.2) is 54.0 Å². The summed E-state index contributed by atoms with van der Waals surface area (Å²) in [5.41, 5.74) is 6.54. The second kappa shape index (κ2) is 7.16. The van der Waals surface area contributed by atoms with Crippen LogP contribution in [0.2, 0.25) is 0 Å². The summed E-state index contributed by atoms with van der Waals surface area (Å²) < 4.78 is 27.0. The molecule has 5 aromatic rings. The van der Waals surface area contributed by atoms with E-state index in [-0.39, 0.29) is 13.0 Å². The van der Waals surface area contributed by atoms with Crippen molar-refractivity contribution in [2.75, 3.05) is 13.1 Å². The van der Waals surface area contributed by atoms with E-state index in [1.54, 1.807) is 29.7 Å². The van der Waals surface area contributed by atoms with Crippen molar-refractivity contribution in [1.29, 1.82) is 0 Å². The van der Waals surface area contributed by atoms with E-state index in [1.807, 2.05) is 30.3 Å². The zero-order chi connectivity index (χ0) is 21.7. The normalized spacial score (nSPS) is 16.3. The molecule has 2 N–H and O–H groups in total. The topological polar surface area (TPSA) is 86.4 Å². The predicted octanol–water partition coefficient (Wildman–Crippen LogP) is 4.40. The predicted molar refractivity (Wildman–Crippen MR) is 117 cm³/mol. The first-order valence-corrected chi connectivity index (χ1v) is 10.4. The Morgan fingerprint density at radius 2 is 1.97 bits per heavy atom. The minimum absolute atomic E-state index is 0.0918. The number of aromatic amines is 2. The quantitative estimate of drug-likeness (QED) is 0.440. The Bertz CT molecular complexity index is 1410. The number of hydrogen-bond donors (Lipinski definition) is 2. The Kier molecular flexibility index (Phi) is 4.25. The van der Waals surface area contributed by atoms with Crippen LogP contribution in [0.4, 0.5) is 8.78 Å². The first kappa shape index (κ1) is 19.0. The molecule has 32 heavy (non-hydrogen) atoms. The van der Waals surface area contributed by atoms with Crippen molar-refractivity contribution in [3.63, 3.8) is 0 Å². The lowest BCUT2D eigenvalue weighted by Crippen LogP contribution is -2.24. The van der Waals surface area contributed by atoms with Crippen molar-refractivity contribution < 1.29 is 8.78 Å². The minimum atomic E-state index is -2.60. The van der Waals surface area contributed by atoms with Crippen LogP contribution in [0.5, 0.6) is 0 Å². The molecule has 160 valence electrons. The van der Waals surface area contributed by atoms with Gasteiger partial charge in [-0.3, -0.25) is 20.0 Å². The average molecular weight is 431 g/mol. The Hall–Kier alpha value is -3.72. The molecular weight excluding hydrogens is 412 g/mol. The molecule has 0 aliphatic carbocycles. The van der Waals surface area contributed by atoms with Gasteiger partial charge in [0.15, 0.2) is 0 Å². The fourth-order valence-electron chi connectivity index (χ4n) is 4.26. The molecule has 1 saturated heterocycles. The fraction of sp³-hybridized carbons (Fsp3) is 0.217. The van der Waals surface area contributed by atoms with Gasteiger partial charge in [0.25, 0.3) is 5.92 Å². The summed E-state index contributed by atoms with van der Waals surface area (Å²) in [4.78, 5) is 18.4. The van der Waals surface area contributed by atoms with Crippen LogP contribution in [0.3, 0.4) is 0 Å². The first-order valence-electron chi connectivity index (χ1n) is 10.4. The number of nitrogens with one attached hydrogen (secondary N) is 2. The van der Waals surface area contributed by atoms with E-state index in [0.29, 0.717) is 13.1 Å². The van der Waals surface area contributed by atoms with E-state index in [9.17, 15) is 8.78 Å². The molecule has 9 heteroatoms. The molecule has 6 rings (SSSR count). The van der Waals surface area contributed by atoms with Gasteiger partial charge in [0.05, 0.1) is 35.2 Å². The Balaban J connectivity index is 1.34. The summed E-state index contributed by atoms with van der Waals surface area (Å²) in [6.45, 7) is 0.623. The Morgan fingerprint density at radius 1 is 1.03 bits per heavy atom. The smallest absolute Gasteiger partial charge is 0.261 e. The number of halogens is 2. The third-order valence-corrected chi connectivity index (χ3v) is 5.83.